The Morgan fingerprint density at radius 1 is 1.26 bits per heavy atom. The van der Waals surface area contributed by atoms with Crippen molar-refractivity contribution in [1.82, 2.24) is 4.72 Å². The SMILES string of the molecule is Cc1cc(C)c(S(=O)(=O)NCC(C)(C)O)c(C)c1N. The second-order valence-corrected chi connectivity index (χ2v) is 7.22. The van der Waals surface area contributed by atoms with Crippen molar-refractivity contribution in [2.45, 2.75) is 45.1 Å². The molecule has 1 rings (SSSR count). The van der Waals surface area contributed by atoms with Gasteiger partial charge in [0.1, 0.15) is 0 Å². The molecule has 0 saturated carbocycles. The second kappa shape index (κ2) is 5.11. The van der Waals surface area contributed by atoms with Crippen molar-refractivity contribution in [1.29, 1.82) is 0 Å². The fourth-order valence-electron chi connectivity index (χ4n) is 1.94. The number of benzene rings is 1. The molecule has 108 valence electrons. The highest BCUT2D eigenvalue weighted by atomic mass is 32.2. The van der Waals surface area contributed by atoms with Gasteiger partial charge >= 0.3 is 0 Å². The maximum Gasteiger partial charge on any atom is 0.241 e. The van der Waals surface area contributed by atoms with Gasteiger partial charge in [0.15, 0.2) is 0 Å². The summed E-state index contributed by atoms with van der Waals surface area (Å²) < 4.78 is 27.0. The van der Waals surface area contributed by atoms with Gasteiger partial charge in [-0.05, 0) is 51.3 Å². The number of hydrogen-bond donors (Lipinski definition) is 3. The summed E-state index contributed by atoms with van der Waals surface area (Å²) >= 11 is 0. The van der Waals surface area contributed by atoms with E-state index in [0.717, 1.165) is 5.56 Å². The third kappa shape index (κ3) is 3.68. The average molecular weight is 286 g/mol. The van der Waals surface area contributed by atoms with E-state index in [2.05, 4.69) is 4.72 Å². The van der Waals surface area contributed by atoms with E-state index in [4.69, 9.17) is 5.73 Å². The van der Waals surface area contributed by atoms with Crippen molar-refractivity contribution in [3.8, 4) is 0 Å². The average Bonchev–Trinajstić information content (AvgIpc) is 2.22. The summed E-state index contributed by atoms with van der Waals surface area (Å²) in [6.07, 6.45) is 0. The van der Waals surface area contributed by atoms with Gasteiger partial charge < -0.3 is 10.8 Å². The van der Waals surface area contributed by atoms with Crippen molar-refractivity contribution in [3.05, 3.63) is 22.8 Å². The molecule has 0 amide bonds. The molecule has 0 saturated heterocycles. The smallest absolute Gasteiger partial charge is 0.241 e. The van der Waals surface area contributed by atoms with Gasteiger partial charge in [-0.25, -0.2) is 13.1 Å². The van der Waals surface area contributed by atoms with Gasteiger partial charge in [-0.1, -0.05) is 6.07 Å². The quantitative estimate of drug-likeness (QED) is 0.726. The predicted molar refractivity (Wildman–Crippen MR) is 76.6 cm³/mol. The largest absolute Gasteiger partial charge is 0.398 e. The molecule has 0 radical (unpaired) electrons. The first-order valence-corrected chi connectivity index (χ1v) is 7.52. The summed E-state index contributed by atoms with van der Waals surface area (Å²) in [7, 11) is -3.68. The molecule has 5 nitrogen and oxygen atoms in total. The molecule has 0 aromatic heterocycles. The normalized spacial score (nSPS) is 12.7. The first kappa shape index (κ1) is 15.9. The minimum atomic E-state index is -3.68. The fraction of sp³-hybridized carbons (Fsp3) is 0.538. The topological polar surface area (TPSA) is 92.4 Å². The Hall–Kier alpha value is -1.11. The molecular weight excluding hydrogens is 264 g/mol. The number of anilines is 1. The van der Waals surface area contributed by atoms with E-state index in [1.54, 1.807) is 33.8 Å². The minimum absolute atomic E-state index is 0.0536. The van der Waals surface area contributed by atoms with Crippen LogP contribution in [0.1, 0.15) is 30.5 Å². The Morgan fingerprint density at radius 3 is 2.26 bits per heavy atom. The third-order valence-electron chi connectivity index (χ3n) is 2.92. The number of aliphatic hydroxyl groups is 1. The Balaban J connectivity index is 3.27. The van der Waals surface area contributed by atoms with E-state index in [-0.39, 0.29) is 11.4 Å². The van der Waals surface area contributed by atoms with Crippen LogP contribution in [0.15, 0.2) is 11.0 Å². The van der Waals surface area contributed by atoms with Crippen molar-refractivity contribution in [2.75, 3.05) is 12.3 Å². The summed E-state index contributed by atoms with van der Waals surface area (Å²) in [5.74, 6) is 0. The van der Waals surface area contributed by atoms with Crippen LogP contribution in [0.3, 0.4) is 0 Å². The van der Waals surface area contributed by atoms with Gasteiger partial charge in [-0.3, -0.25) is 0 Å². The summed E-state index contributed by atoms with van der Waals surface area (Å²) in [5, 5.41) is 9.61. The lowest BCUT2D eigenvalue weighted by Crippen LogP contribution is -2.38. The number of nitrogens with two attached hydrogens (primary N) is 1. The van der Waals surface area contributed by atoms with Gasteiger partial charge in [0, 0.05) is 12.2 Å². The zero-order chi connectivity index (χ0) is 15.0. The molecule has 0 aliphatic carbocycles. The van der Waals surface area contributed by atoms with E-state index < -0.39 is 15.6 Å². The summed E-state index contributed by atoms with van der Waals surface area (Å²) in [6.45, 7) is 8.29. The highest BCUT2D eigenvalue weighted by Crippen LogP contribution is 2.27. The van der Waals surface area contributed by atoms with E-state index in [1.165, 1.54) is 0 Å². The second-order valence-electron chi connectivity index (χ2n) is 5.52. The van der Waals surface area contributed by atoms with Crippen LogP contribution >= 0.6 is 0 Å². The third-order valence-corrected chi connectivity index (χ3v) is 4.61. The van der Waals surface area contributed by atoms with Crippen LogP contribution in [0.5, 0.6) is 0 Å². The Kier molecular flexibility index (Phi) is 4.29. The van der Waals surface area contributed by atoms with Gasteiger partial charge in [0.2, 0.25) is 10.0 Å². The molecule has 0 aliphatic heterocycles. The Labute approximate surface area is 114 Å². The lowest BCUT2D eigenvalue weighted by molar-refractivity contribution is 0.0857. The Bertz CT molecular complexity index is 587. The number of sulfonamides is 1. The summed E-state index contributed by atoms with van der Waals surface area (Å²) in [4.78, 5) is 0.194. The number of hydrogen-bond acceptors (Lipinski definition) is 4. The monoisotopic (exact) mass is 286 g/mol. The molecule has 0 heterocycles. The standard InChI is InChI=1S/C13H22N2O3S/c1-8-6-9(2)12(10(3)11(8)14)19(17,18)15-7-13(4,5)16/h6,15-16H,7,14H2,1-5H3. The van der Waals surface area contributed by atoms with Crippen molar-refractivity contribution in [3.63, 3.8) is 0 Å². The lowest BCUT2D eigenvalue weighted by atomic mass is 10.1. The molecule has 0 spiro atoms. The molecule has 0 atom stereocenters. The van der Waals surface area contributed by atoms with Crippen LogP contribution in [0.25, 0.3) is 0 Å². The lowest BCUT2D eigenvalue weighted by Gasteiger charge is -2.20. The molecule has 0 fully saturated rings. The van der Waals surface area contributed by atoms with Crippen molar-refractivity contribution in [2.24, 2.45) is 0 Å². The van der Waals surface area contributed by atoms with Crippen LogP contribution in [0.2, 0.25) is 0 Å². The summed E-state index contributed by atoms with van der Waals surface area (Å²) in [6, 6.07) is 1.75. The summed E-state index contributed by atoms with van der Waals surface area (Å²) in [5.41, 5.74) is 7.31. The van der Waals surface area contributed by atoms with E-state index in [1.807, 2.05) is 6.92 Å². The van der Waals surface area contributed by atoms with Gasteiger partial charge in [-0.15, -0.1) is 0 Å². The number of aryl methyl sites for hydroxylation is 2. The van der Waals surface area contributed by atoms with E-state index >= 15 is 0 Å². The maximum atomic E-state index is 12.3. The zero-order valence-corrected chi connectivity index (χ0v) is 12.9. The first-order valence-electron chi connectivity index (χ1n) is 6.04. The molecule has 0 aliphatic rings. The number of rotatable bonds is 4. The highest BCUT2D eigenvalue weighted by Gasteiger charge is 2.24. The molecule has 1 aromatic carbocycles. The predicted octanol–water partition coefficient (Wildman–Crippen LogP) is 1.24. The molecular formula is C13H22N2O3S. The molecule has 0 bridgehead atoms. The highest BCUT2D eigenvalue weighted by molar-refractivity contribution is 7.89. The van der Waals surface area contributed by atoms with E-state index in [9.17, 15) is 13.5 Å². The van der Waals surface area contributed by atoms with Crippen LogP contribution < -0.4 is 10.5 Å². The number of nitrogens with one attached hydrogen (secondary N) is 1. The molecule has 19 heavy (non-hydrogen) atoms. The number of nitrogen functional groups attached to an aromatic ring is 1. The zero-order valence-electron chi connectivity index (χ0n) is 12.0. The Morgan fingerprint density at radius 2 is 1.79 bits per heavy atom. The van der Waals surface area contributed by atoms with Gasteiger partial charge in [-0.2, -0.15) is 0 Å². The fourth-order valence-corrected chi connectivity index (χ4v) is 3.62. The minimum Gasteiger partial charge on any atom is -0.398 e. The molecule has 0 unspecified atom stereocenters. The van der Waals surface area contributed by atoms with Crippen LogP contribution in [0, 0.1) is 20.8 Å². The van der Waals surface area contributed by atoms with Crippen molar-refractivity contribution >= 4 is 15.7 Å². The van der Waals surface area contributed by atoms with Gasteiger partial charge in [0.25, 0.3) is 0 Å². The molecule has 6 heteroatoms. The van der Waals surface area contributed by atoms with Crippen molar-refractivity contribution < 1.29 is 13.5 Å². The van der Waals surface area contributed by atoms with Gasteiger partial charge in [0.05, 0.1) is 10.5 Å². The van der Waals surface area contributed by atoms with Crippen LogP contribution in [0.4, 0.5) is 5.69 Å². The maximum absolute atomic E-state index is 12.3. The van der Waals surface area contributed by atoms with Crippen LogP contribution in [-0.2, 0) is 10.0 Å². The first-order chi connectivity index (χ1) is 8.46. The molecule has 4 N–H and O–H groups in total. The van der Waals surface area contributed by atoms with E-state index in [0.29, 0.717) is 16.8 Å². The van der Waals surface area contributed by atoms with Crippen LogP contribution in [-0.4, -0.2) is 25.7 Å². The molecule has 1 aromatic rings.